The van der Waals surface area contributed by atoms with Gasteiger partial charge in [-0.1, -0.05) is 43.6 Å². The first-order valence-corrected chi connectivity index (χ1v) is 8.43. The summed E-state index contributed by atoms with van der Waals surface area (Å²) in [5.41, 5.74) is 1.61. The standard InChI is InChI=1S/C18H18ClN3O2S/c1-11(2)16(23)22-18(25)21-13-7-5-6-12(10-13)20-17(24)14-8-3-4-9-15(14)19/h3-11H,1-2H3,(H,20,24)(H2,21,22,23,25). The Bertz CT molecular complexity index is 808. The molecule has 7 heteroatoms. The molecule has 130 valence electrons. The fourth-order valence-corrected chi connectivity index (χ4v) is 2.38. The second-order valence-corrected chi connectivity index (χ2v) is 6.43. The first-order valence-electron chi connectivity index (χ1n) is 7.64. The largest absolute Gasteiger partial charge is 0.332 e. The molecule has 0 radical (unpaired) electrons. The summed E-state index contributed by atoms with van der Waals surface area (Å²) in [5.74, 6) is -0.639. The van der Waals surface area contributed by atoms with Gasteiger partial charge in [-0.25, -0.2) is 0 Å². The van der Waals surface area contributed by atoms with Crippen molar-refractivity contribution in [2.75, 3.05) is 10.6 Å². The Hall–Kier alpha value is -2.44. The van der Waals surface area contributed by atoms with Crippen LogP contribution in [0.3, 0.4) is 0 Å². The van der Waals surface area contributed by atoms with Crippen molar-refractivity contribution in [3.63, 3.8) is 0 Å². The van der Waals surface area contributed by atoms with E-state index in [1.54, 1.807) is 62.4 Å². The smallest absolute Gasteiger partial charge is 0.257 e. The molecule has 0 saturated carbocycles. The number of rotatable bonds is 4. The van der Waals surface area contributed by atoms with E-state index in [1.165, 1.54) is 0 Å². The summed E-state index contributed by atoms with van der Waals surface area (Å²) >= 11 is 11.1. The van der Waals surface area contributed by atoms with Gasteiger partial charge >= 0.3 is 0 Å². The Morgan fingerprint density at radius 1 is 1.00 bits per heavy atom. The second-order valence-electron chi connectivity index (χ2n) is 5.61. The molecule has 0 aromatic heterocycles. The number of halogens is 1. The van der Waals surface area contributed by atoms with Crippen LogP contribution < -0.4 is 16.0 Å². The minimum Gasteiger partial charge on any atom is -0.332 e. The van der Waals surface area contributed by atoms with Crippen LogP contribution in [0.1, 0.15) is 24.2 Å². The summed E-state index contributed by atoms with van der Waals surface area (Å²) in [7, 11) is 0. The van der Waals surface area contributed by atoms with E-state index >= 15 is 0 Å². The minimum atomic E-state index is -0.307. The van der Waals surface area contributed by atoms with Crippen molar-refractivity contribution in [1.29, 1.82) is 0 Å². The van der Waals surface area contributed by atoms with Gasteiger partial charge < -0.3 is 16.0 Å². The van der Waals surface area contributed by atoms with Gasteiger partial charge in [0, 0.05) is 17.3 Å². The Kier molecular flexibility index (Phi) is 6.50. The van der Waals surface area contributed by atoms with Gasteiger partial charge in [-0.05, 0) is 42.5 Å². The lowest BCUT2D eigenvalue weighted by Gasteiger charge is -2.12. The lowest BCUT2D eigenvalue weighted by molar-refractivity contribution is -0.122. The normalized spacial score (nSPS) is 10.2. The minimum absolute atomic E-state index is 0.166. The first-order chi connectivity index (χ1) is 11.9. The molecule has 5 nitrogen and oxygen atoms in total. The average Bonchev–Trinajstić information content (AvgIpc) is 2.55. The lowest BCUT2D eigenvalue weighted by atomic mass is 10.2. The number of hydrogen-bond acceptors (Lipinski definition) is 3. The molecule has 2 aromatic rings. The Morgan fingerprint density at radius 2 is 1.64 bits per heavy atom. The van der Waals surface area contributed by atoms with Crippen LogP contribution in [0.15, 0.2) is 48.5 Å². The topological polar surface area (TPSA) is 70.2 Å². The summed E-state index contributed by atoms with van der Waals surface area (Å²) in [6, 6.07) is 13.8. The summed E-state index contributed by atoms with van der Waals surface area (Å²) in [4.78, 5) is 23.9. The van der Waals surface area contributed by atoms with E-state index in [0.717, 1.165) is 0 Å². The molecular formula is C18H18ClN3O2S. The van der Waals surface area contributed by atoms with E-state index < -0.39 is 0 Å². The second kappa shape index (κ2) is 8.60. The molecule has 0 heterocycles. The predicted octanol–water partition coefficient (Wildman–Crippen LogP) is 4.06. The van der Waals surface area contributed by atoms with E-state index in [2.05, 4.69) is 16.0 Å². The number of amides is 2. The SMILES string of the molecule is CC(C)C(=O)NC(=S)Nc1cccc(NC(=O)c2ccccc2Cl)c1. The van der Waals surface area contributed by atoms with Crippen LogP contribution in [-0.2, 0) is 4.79 Å². The highest BCUT2D eigenvalue weighted by Gasteiger charge is 2.11. The van der Waals surface area contributed by atoms with Gasteiger partial charge in [-0.15, -0.1) is 0 Å². The molecule has 0 saturated heterocycles. The third kappa shape index (κ3) is 5.55. The van der Waals surface area contributed by atoms with Crippen molar-refractivity contribution in [2.24, 2.45) is 5.92 Å². The molecule has 0 spiro atoms. The Balaban J connectivity index is 2.04. The molecule has 0 unspecified atom stereocenters. The molecule has 2 amide bonds. The highest BCUT2D eigenvalue weighted by atomic mass is 35.5. The number of carbonyl (C=O) groups excluding carboxylic acids is 2. The van der Waals surface area contributed by atoms with Gasteiger partial charge in [0.15, 0.2) is 5.11 Å². The summed E-state index contributed by atoms with van der Waals surface area (Å²) < 4.78 is 0. The monoisotopic (exact) mass is 375 g/mol. The number of benzene rings is 2. The number of anilines is 2. The van der Waals surface area contributed by atoms with Crippen LogP contribution in [0.25, 0.3) is 0 Å². The van der Waals surface area contributed by atoms with E-state index in [-0.39, 0.29) is 22.8 Å². The van der Waals surface area contributed by atoms with Crippen molar-refractivity contribution in [3.05, 3.63) is 59.1 Å². The van der Waals surface area contributed by atoms with Gasteiger partial charge in [0.05, 0.1) is 10.6 Å². The van der Waals surface area contributed by atoms with Crippen LogP contribution in [-0.4, -0.2) is 16.9 Å². The number of nitrogens with one attached hydrogen (secondary N) is 3. The molecule has 0 atom stereocenters. The molecule has 2 rings (SSSR count). The van der Waals surface area contributed by atoms with E-state index in [9.17, 15) is 9.59 Å². The third-order valence-electron chi connectivity index (χ3n) is 3.26. The molecule has 0 aliphatic heterocycles. The Labute approximate surface area is 156 Å². The maximum Gasteiger partial charge on any atom is 0.257 e. The fourth-order valence-electron chi connectivity index (χ4n) is 1.94. The van der Waals surface area contributed by atoms with Crippen LogP contribution in [0.2, 0.25) is 5.02 Å². The van der Waals surface area contributed by atoms with Crippen molar-refractivity contribution < 1.29 is 9.59 Å². The summed E-state index contributed by atoms with van der Waals surface area (Å²) in [6.45, 7) is 3.56. The highest BCUT2D eigenvalue weighted by Crippen LogP contribution is 2.19. The number of hydrogen-bond donors (Lipinski definition) is 3. The van der Waals surface area contributed by atoms with Gasteiger partial charge in [0.1, 0.15) is 0 Å². The zero-order valence-corrected chi connectivity index (χ0v) is 15.4. The van der Waals surface area contributed by atoms with Crippen molar-refractivity contribution >= 4 is 52.1 Å². The number of carbonyl (C=O) groups is 2. The molecule has 3 N–H and O–H groups in total. The van der Waals surface area contributed by atoms with Gasteiger partial charge in [0.25, 0.3) is 5.91 Å². The van der Waals surface area contributed by atoms with Crippen LogP contribution in [0, 0.1) is 5.92 Å². The van der Waals surface area contributed by atoms with Crippen LogP contribution >= 0.6 is 23.8 Å². The maximum atomic E-state index is 12.3. The summed E-state index contributed by atoms with van der Waals surface area (Å²) in [5, 5.41) is 8.87. The van der Waals surface area contributed by atoms with E-state index in [0.29, 0.717) is 22.0 Å². The average molecular weight is 376 g/mol. The molecular weight excluding hydrogens is 358 g/mol. The van der Waals surface area contributed by atoms with Gasteiger partial charge in [0.2, 0.25) is 5.91 Å². The number of thiocarbonyl (C=S) groups is 1. The molecule has 0 fully saturated rings. The van der Waals surface area contributed by atoms with Gasteiger partial charge in [-0.3, -0.25) is 9.59 Å². The molecule has 0 aliphatic rings. The lowest BCUT2D eigenvalue weighted by Crippen LogP contribution is -2.36. The molecule has 25 heavy (non-hydrogen) atoms. The summed E-state index contributed by atoms with van der Waals surface area (Å²) in [6.07, 6.45) is 0. The Morgan fingerprint density at radius 3 is 2.28 bits per heavy atom. The fraction of sp³-hybridized carbons (Fsp3) is 0.167. The predicted molar refractivity (Wildman–Crippen MR) is 105 cm³/mol. The molecule has 0 aliphatic carbocycles. The van der Waals surface area contributed by atoms with Crippen molar-refractivity contribution in [2.45, 2.75) is 13.8 Å². The third-order valence-corrected chi connectivity index (χ3v) is 3.79. The molecule has 0 bridgehead atoms. The quantitative estimate of drug-likeness (QED) is 0.705. The maximum absolute atomic E-state index is 12.3. The van der Waals surface area contributed by atoms with Crippen LogP contribution in [0.5, 0.6) is 0 Å². The first kappa shape index (κ1) is 18.9. The van der Waals surface area contributed by atoms with Crippen molar-refractivity contribution in [1.82, 2.24) is 5.32 Å². The molecule has 2 aromatic carbocycles. The van der Waals surface area contributed by atoms with E-state index in [1.807, 2.05) is 0 Å². The van der Waals surface area contributed by atoms with Crippen LogP contribution in [0.4, 0.5) is 11.4 Å². The zero-order chi connectivity index (χ0) is 18.4. The highest BCUT2D eigenvalue weighted by molar-refractivity contribution is 7.80. The zero-order valence-electron chi connectivity index (χ0n) is 13.8. The van der Waals surface area contributed by atoms with Gasteiger partial charge in [-0.2, -0.15) is 0 Å². The van der Waals surface area contributed by atoms with Crippen molar-refractivity contribution in [3.8, 4) is 0 Å². The van der Waals surface area contributed by atoms with E-state index in [4.69, 9.17) is 23.8 Å².